The van der Waals surface area contributed by atoms with Crippen LogP contribution in [0.1, 0.15) is 90.7 Å². The maximum absolute atomic E-state index is 15.7. The van der Waals surface area contributed by atoms with Gasteiger partial charge in [0.2, 0.25) is 5.75 Å². The highest BCUT2D eigenvalue weighted by Gasteiger charge is 2.36. The van der Waals surface area contributed by atoms with Crippen LogP contribution in [0.3, 0.4) is 0 Å². The standard InChI is InChI=1S/C33H31F9O/c1-2-17-3-6-20(25(34)14-17)7-4-18-5-12-23-24(13-18)30(38)31(39)28(29(23)37)21-10-8-19(9-11-21)22-15-26(35)32(27(36)16-22)43-33(40,41)42/h3,6,14-16,18-19,21H,2,4-5,7-13H2,1H3. The van der Waals surface area contributed by atoms with Crippen molar-refractivity contribution >= 4 is 0 Å². The van der Waals surface area contributed by atoms with E-state index < -0.39 is 53.0 Å². The van der Waals surface area contributed by atoms with E-state index in [0.717, 1.165) is 17.7 Å². The molecule has 10 heteroatoms. The number of fused-ring (bicyclic) bond motifs is 1. The van der Waals surface area contributed by atoms with Crippen LogP contribution in [0.5, 0.6) is 5.75 Å². The van der Waals surface area contributed by atoms with Gasteiger partial charge in [0, 0.05) is 5.56 Å². The second kappa shape index (κ2) is 12.4. The number of halogens is 9. The van der Waals surface area contributed by atoms with Crippen LogP contribution in [0.4, 0.5) is 39.5 Å². The van der Waals surface area contributed by atoms with Crippen LogP contribution in [0.25, 0.3) is 0 Å². The van der Waals surface area contributed by atoms with Crippen molar-refractivity contribution in [2.45, 2.75) is 89.3 Å². The topological polar surface area (TPSA) is 9.23 Å². The van der Waals surface area contributed by atoms with Crippen LogP contribution in [-0.2, 0) is 25.7 Å². The summed E-state index contributed by atoms with van der Waals surface area (Å²) in [6, 6.07) is 6.68. The molecule has 1 atom stereocenters. The van der Waals surface area contributed by atoms with Crippen LogP contribution in [0.2, 0.25) is 0 Å². The molecule has 1 saturated carbocycles. The molecule has 1 fully saturated rings. The number of benzene rings is 3. The zero-order valence-corrected chi connectivity index (χ0v) is 23.5. The number of alkyl halides is 3. The molecule has 0 aromatic heterocycles. The molecule has 0 amide bonds. The van der Waals surface area contributed by atoms with Gasteiger partial charge in [-0.3, -0.25) is 0 Å². The lowest BCUT2D eigenvalue weighted by atomic mass is 9.73. The fourth-order valence-corrected chi connectivity index (χ4v) is 6.71. The lowest BCUT2D eigenvalue weighted by Gasteiger charge is -2.32. The molecule has 2 aliphatic carbocycles. The van der Waals surface area contributed by atoms with E-state index in [2.05, 4.69) is 4.74 Å². The average molecular weight is 615 g/mol. The number of rotatable bonds is 7. The zero-order chi connectivity index (χ0) is 31.1. The normalized spacial score (nSPS) is 20.7. The highest BCUT2D eigenvalue weighted by atomic mass is 19.4. The lowest BCUT2D eigenvalue weighted by Crippen LogP contribution is -2.23. The molecule has 0 bridgehead atoms. The molecule has 0 radical (unpaired) electrons. The van der Waals surface area contributed by atoms with Gasteiger partial charge in [-0.25, -0.2) is 26.3 Å². The first kappa shape index (κ1) is 31.3. The zero-order valence-electron chi connectivity index (χ0n) is 23.5. The monoisotopic (exact) mass is 614 g/mol. The number of hydrogen-bond acceptors (Lipinski definition) is 1. The molecule has 2 aliphatic rings. The Morgan fingerprint density at radius 2 is 1.40 bits per heavy atom. The summed E-state index contributed by atoms with van der Waals surface area (Å²) in [7, 11) is 0. The van der Waals surface area contributed by atoms with Gasteiger partial charge in [-0.1, -0.05) is 19.1 Å². The Bertz CT molecular complexity index is 1470. The molecule has 0 saturated heterocycles. The third kappa shape index (κ3) is 6.68. The van der Waals surface area contributed by atoms with Crippen LogP contribution in [0.15, 0.2) is 30.3 Å². The van der Waals surface area contributed by atoms with E-state index in [1.165, 1.54) is 6.07 Å². The van der Waals surface area contributed by atoms with Gasteiger partial charge in [0.05, 0.1) is 0 Å². The Hall–Kier alpha value is -3.17. The van der Waals surface area contributed by atoms with E-state index in [4.69, 9.17) is 0 Å². The Kier molecular flexibility index (Phi) is 9.05. The second-order valence-electron chi connectivity index (χ2n) is 11.6. The Balaban J connectivity index is 1.27. The van der Waals surface area contributed by atoms with Gasteiger partial charge < -0.3 is 4.74 Å². The number of ether oxygens (including phenoxy) is 1. The third-order valence-corrected chi connectivity index (χ3v) is 9.05. The number of aryl methyl sites for hydroxylation is 2. The summed E-state index contributed by atoms with van der Waals surface area (Å²) in [6.45, 7) is 1.94. The summed E-state index contributed by atoms with van der Waals surface area (Å²) in [6.07, 6.45) is -1.71. The van der Waals surface area contributed by atoms with Crippen LogP contribution in [0, 0.1) is 40.8 Å². The fourth-order valence-electron chi connectivity index (χ4n) is 6.71. The van der Waals surface area contributed by atoms with E-state index in [1.54, 1.807) is 6.07 Å². The van der Waals surface area contributed by atoms with Crippen molar-refractivity contribution < 1.29 is 44.3 Å². The molecule has 3 aromatic carbocycles. The summed E-state index contributed by atoms with van der Waals surface area (Å²) in [5.74, 6) is -9.07. The molecular weight excluding hydrogens is 583 g/mol. The molecule has 0 aliphatic heterocycles. The average Bonchev–Trinajstić information content (AvgIpc) is 2.97. The summed E-state index contributed by atoms with van der Waals surface area (Å²) < 4.78 is 130. The highest BCUT2D eigenvalue weighted by molar-refractivity contribution is 5.41. The molecule has 0 heterocycles. The summed E-state index contributed by atoms with van der Waals surface area (Å²) in [4.78, 5) is 0. The highest BCUT2D eigenvalue weighted by Crippen LogP contribution is 2.45. The van der Waals surface area contributed by atoms with Gasteiger partial charge in [-0.05, 0) is 128 Å². The van der Waals surface area contributed by atoms with Gasteiger partial charge in [-0.15, -0.1) is 13.2 Å². The summed E-state index contributed by atoms with van der Waals surface area (Å²) in [5, 5.41) is 0. The van der Waals surface area contributed by atoms with Crippen LogP contribution in [-0.4, -0.2) is 6.36 Å². The fraction of sp³-hybridized carbons (Fsp3) is 0.455. The first-order valence-electron chi connectivity index (χ1n) is 14.6. The molecule has 232 valence electrons. The molecule has 1 nitrogen and oxygen atoms in total. The quantitative estimate of drug-likeness (QED) is 0.190. The van der Waals surface area contributed by atoms with Crippen LogP contribution < -0.4 is 4.74 Å². The third-order valence-electron chi connectivity index (χ3n) is 9.05. The summed E-state index contributed by atoms with van der Waals surface area (Å²) in [5.41, 5.74) is 1.43. The van der Waals surface area contributed by atoms with Gasteiger partial charge in [0.15, 0.2) is 23.3 Å². The van der Waals surface area contributed by atoms with E-state index in [1.807, 2.05) is 13.0 Å². The Morgan fingerprint density at radius 3 is 2.00 bits per heavy atom. The van der Waals surface area contributed by atoms with E-state index in [9.17, 15) is 26.3 Å². The predicted octanol–water partition coefficient (Wildman–Crippen LogP) is 10.2. The largest absolute Gasteiger partial charge is 0.573 e. The molecule has 0 N–H and O–H groups in total. The van der Waals surface area contributed by atoms with Crippen molar-refractivity contribution in [1.82, 2.24) is 0 Å². The van der Waals surface area contributed by atoms with Gasteiger partial charge in [0.25, 0.3) is 0 Å². The van der Waals surface area contributed by atoms with Crippen molar-refractivity contribution in [2.75, 3.05) is 0 Å². The SMILES string of the molecule is CCc1ccc(CCC2CCc3c(F)c(C4CCC(c5cc(F)c(OC(F)(F)F)c(F)c5)CC4)c(F)c(F)c3C2)c(F)c1. The minimum Gasteiger partial charge on any atom is -0.399 e. The summed E-state index contributed by atoms with van der Waals surface area (Å²) >= 11 is 0. The smallest absolute Gasteiger partial charge is 0.399 e. The first-order chi connectivity index (χ1) is 20.4. The maximum Gasteiger partial charge on any atom is 0.573 e. The molecule has 5 rings (SSSR count). The first-order valence-corrected chi connectivity index (χ1v) is 14.6. The Morgan fingerprint density at radius 1 is 0.744 bits per heavy atom. The van der Waals surface area contributed by atoms with Crippen molar-refractivity contribution in [2.24, 2.45) is 5.92 Å². The predicted molar refractivity (Wildman–Crippen MR) is 143 cm³/mol. The van der Waals surface area contributed by atoms with E-state index in [-0.39, 0.29) is 72.5 Å². The molecular formula is C33H31F9O. The molecule has 3 aromatic rings. The minimum atomic E-state index is -5.26. The van der Waals surface area contributed by atoms with E-state index >= 15 is 13.2 Å². The maximum atomic E-state index is 15.7. The Labute approximate surface area is 244 Å². The van der Waals surface area contributed by atoms with E-state index in [0.29, 0.717) is 31.2 Å². The molecule has 43 heavy (non-hydrogen) atoms. The minimum absolute atomic E-state index is 0.0256. The van der Waals surface area contributed by atoms with Gasteiger partial charge >= 0.3 is 6.36 Å². The lowest BCUT2D eigenvalue weighted by molar-refractivity contribution is -0.276. The van der Waals surface area contributed by atoms with Crippen molar-refractivity contribution in [3.05, 3.63) is 98.6 Å². The van der Waals surface area contributed by atoms with Crippen LogP contribution >= 0.6 is 0 Å². The van der Waals surface area contributed by atoms with Crippen molar-refractivity contribution in [3.63, 3.8) is 0 Å². The number of hydrogen-bond donors (Lipinski definition) is 0. The van der Waals surface area contributed by atoms with Crippen molar-refractivity contribution in [1.29, 1.82) is 0 Å². The second-order valence-corrected chi connectivity index (χ2v) is 11.6. The van der Waals surface area contributed by atoms with Crippen molar-refractivity contribution in [3.8, 4) is 5.75 Å². The molecule has 0 spiro atoms. The molecule has 1 unspecified atom stereocenters. The van der Waals surface area contributed by atoms with Gasteiger partial charge in [-0.2, -0.15) is 0 Å². The van der Waals surface area contributed by atoms with Gasteiger partial charge in [0.1, 0.15) is 11.6 Å².